The van der Waals surface area contributed by atoms with E-state index in [2.05, 4.69) is 70.9 Å². The fourth-order valence-corrected chi connectivity index (χ4v) is 3.37. The van der Waals surface area contributed by atoms with Crippen LogP contribution in [0.15, 0.2) is 59.5 Å². The average molecular weight is 307 g/mol. The minimum atomic E-state index is 0.0366. The van der Waals surface area contributed by atoms with E-state index in [-0.39, 0.29) is 6.17 Å². The van der Waals surface area contributed by atoms with Crippen LogP contribution >= 0.6 is 11.8 Å². The van der Waals surface area contributed by atoms with Gasteiger partial charge in [-0.15, -0.1) is 11.8 Å². The van der Waals surface area contributed by atoms with Crippen molar-refractivity contribution in [3.63, 3.8) is 0 Å². The number of nitrogens with zero attached hydrogens (tertiary/aromatic N) is 2. The molecule has 3 nitrogen and oxygen atoms in total. The van der Waals surface area contributed by atoms with E-state index in [1.165, 1.54) is 21.7 Å². The van der Waals surface area contributed by atoms with Crippen LogP contribution in [-0.2, 0) is 0 Å². The number of rotatable bonds is 2. The zero-order valence-electron chi connectivity index (χ0n) is 12.6. The summed E-state index contributed by atoms with van der Waals surface area (Å²) in [4.78, 5) is 1.27. The van der Waals surface area contributed by atoms with Gasteiger partial charge in [-0.2, -0.15) is 5.10 Å². The van der Waals surface area contributed by atoms with Crippen LogP contribution < -0.4 is 5.32 Å². The summed E-state index contributed by atoms with van der Waals surface area (Å²) in [6.45, 7) is 2.04. The smallest absolute Gasteiger partial charge is 0.147 e. The summed E-state index contributed by atoms with van der Waals surface area (Å²) in [5, 5.41) is 8.31. The number of aryl methyl sites for hydroxylation is 1. The highest BCUT2D eigenvalue weighted by molar-refractivity contribution is 7.98. The van der Waals surface area contributed by atoms with Crippen molar-refractivity contribution in [3.8, 4) is 11.3 Å². The molecule has 1 aliphatic heterocycles. The first-order valence-corrected chi connectivity index (χ1v) is 8.55. The fraction of sp³-hybridized carbons (Fsp3) is 0.167. The van der Waals surface area contributed by atoms with E-state index in [0.29, 0.717) is 0 Å². The molecule has 4 rings (SSSR count). The Kier molecular flexibility index (Phi) is 3.19. The maximum Gasteiger partial charge on any atom is 0.147 e. The van der Waals surface area contributed by atoms with E-state index < -0.39 is 0 Å². The molecule has 0 saturated carbocycles. The lowest BCUT2D eigenvalue weighted by Gasteiger charge is -2.29. The second-order valence-electron chi connectivity index (χ2n) is 5.48. The highest BCUT2D eigenvalue weighted by Crippen LogP contribution is 2.38. The van der Waals surface area contributed by atoms with Gasteiger partial charge in [0.15, 0.2) is 0 Å². The van der Waals surface area contributed by atoms with Crippen LogP contribution in [0.4, 0.5) is 5.69 Å². The van der Waals surface area contributed by atoms with Crippen LogP contribution in [0.3, 0.4) is 0 Å². The summed E-state index contributed by atoms with van der Waals surface area (Å²) >= 11 is 1.76. The molecular formula is C18H17N3S. The van der Waals surface area contributed by atoms with Crippen molar-refractivity contribution in [2.75, 3.05) is 11.6 Å². The van der Waals surface area contributed by atoms with Crippen molar-refractivity contribution in [2.45, 2.75) is 18.0 Å². The number of para-hydroxylation sites is 1. The van der Waals surface area contributed by atoms with Gasteiger partial charge in [-0.1, -0.05) is 30.3 Å². The molecule has 0 amide bonds. The molecule has 2 aromatic carbocycles. The summed E-state index contributed by atoms with van der Waals surface area (Å²) in [5.41, 5.74) is 5.80. The Morgan fingerprint density at radius 2 is 1.86 bits per heavy atom. The number of anilines is 1. The summed E-state index contributed by atoms with van der Waals surface area (Å²) in [6.07, 6.45) is 2.13. The van der Waals surface area contributed by atoms with Gasteiger partial charge in [0.2, 0.25) is 0 Å². The third kappa shape index (κ3) is 2.11. The Morgan fingerprint density at radius 3 is 2.64 bits per heavy atom. The largest absolute Gasteiger partial charge is 0.359 e. The van der Waals surface area contributed by atoms with Crippen molar-refractivity contribution in [1.82, 2.24) is 9.78 Å². The zero-order valence-corrected chi connectivity index (χ0v) is 13.4. The molecule has 1 N–H and O–H groups in total. The number of hydrogen-bond acceptors (Lipinski definition) is 3. The molecule has 4 heteroatoms. The minimum absolute atomic E-state index is 0.0366. The molecule has 1 aliphatic rings. The lowest BCUT2D eigenvalue weighted by atomic mass is 10.0. The van der Waals surface area contributed by atoms with Gasteiger partial charge in [-0.3, -0.25) is 0 Å². The predicted molar refractivity (Wildman–Crippen MR) is 92.4 cm³/mol. The molecule has 2 heterocycles. The number of hydrogen-bond donors (Lipinski definition) is 1. The fourth-order valence-electron chi connectivity index (χ4n) is 2.97. The Hall–Kier alpha value is -2.20. The summed E-state index contributed by atoms with van der Waals surface area (Å²) < 4.78 is 2.09. The Morgan fingerprint density at radius 1 is 1.09 bits per heavy atom. The molecule has 1 aromatic heterocycles. The molecule has 3 aromatic rings. The van der Waals surface area contributed by atoms with Gasteiger partial charge in [-0.05, 0) is 43.0 Å². The van der Waals surface area contributed by atoms with Crippen LogP contribution in [0.1, 0.15) is 17.4 Å². The summed E-state index contributed by atoms with van der Waals surface area (Å²) in [7, 11) is 0. The number of nitrogens with one attached hydrogen (secondary N) is 1. The highest BCUT2D eigenvalue weighted by atomic mass is 32.2. The third-order valence-corrected chi connectivity index (χ3v) is 4.77. The maximum atomic E-state index is 4.70. The monoisotopic (exact) mass is 307 g/mol. The van der Waals surface area contributed by atoms with Gasteiger partial charge in [0.1, 0.15) is 6.17 Å². The Labute approximate surface area is 134 Å². The van der Waals surface area contributed by atoms with Gasteiger partial charge in [0, 0.05) is 16.1 Å². The van der Waals surface area contributed by atoms with Crippen LogP contribution in [0.5, 0.6) is 0 Å². The lowest BCUT2D eigenvalue weighted by Crippen LogP contribution is -2.25. The normalized spacial score (nSPS) is 15.8. The first-order chi connectivity index (χ1) is 10.8. The predicted octanol–water partition coefficient (Wildman–Crippen LogP) is 4.55. The van der Waals surface area contributed by atoms with Crippen LogP contribution in [-0.4, -0.2) is 16.0 Å². The van der Waals surface area contributed by atoms with Crippen molar-refractivity contribution >= 4 is 17.4 Å². The standard InChI is InChI=1S/C18H17N3S/c1-12-11-17-15-5-3-4-6-16(15)19-18(21(17)20-12)13-7-9-14(22-2)10-8-13/h3-11,18-19H,1-2H3/t18-/m1/s1. The molecule has 0 radical (unpaired) electrons. The molecule has 110 valence electrons. The third-order valence-electron chi connectivity index (χ3n) is 4.03. The zero-order chi connectivity index (χ0) is 15.1. The van der Waals surface area contributed by atoms with Gasteiger partial charge in [0.05, 0.1) is 11.4 Å². The first-order valence-electron chi connectivity index (χ1n) is 7.32. The van der Waals surface area contributed by atoms with Crippen LogP contribution in [0, 0.1) is 6.92 Å². The Balaban J connectivity index is 1.84. The van der Waals surface area contributed by atoms with Crippen molar-refractivity contribution in [3.05, 3.63) is 65.9 Å². The molecule has 0 unspecified atom stereocenters. The Bertz CT molecular complexity index is 821. The first kappa shape index (κ1) is 13.5. The molecule has 1 atom stereocenters. The van der Waals surface area contributed by atoms with E-state index in [9.17, 15) is 0 Å². The second-order valence-corrected chi connectivity index (χ2v) is 6.36. The number of thioether (sulfide) groups is 1. The topological polar surface area (TPSA) is 29.9 Å². The second kappa shape index (κ2) is 5.21. The van der Waals surface area contributed by atoms with Gasteiger partial charge < -0.3 is 5.32 Å². The lowest BCUT2D eigenvalue weighted by molar-refractivity contribution is 0.571. The van der Waals surface area contributed by atoms with E-state index in [1.807, 2.05) is 6.92 Å². The number of benzene rings is 2. The average Bonchev–Trinajstić information content (AvgIpc) is 2.96. The van der Waals surface area contributed by atoms with Crippen molar-refractivity contribution in [2.24, 2.45) is 0 Å². The molecule has 0 aliphatic carbocycles. The maximum absolute atomic E-state index is 4.70. The highest BCUT2D eigenvalue weighted by Gasteiger charge is 2.25. The number of fused-ring (bicyclic) bond motifs is 3. The summed E-state index contributed by atoms with van der Waals surface area (Å²) in [6, 6.07) is 19.3. The molecule has 0 fully saturated rings. The van der Waals surface area contributed by atoms with Gasteiger partial charge >= 0.3 is 0 Å². The minimum Gasteiger partial charge on any atom is -0.359 e. The van der Waals surface area contributed by atoms with Crippen molar-refractivity contribution < 1.29 is 0 Å². The SMILES string of the molecule is CSc1ccc([C@@H]2Nc3ccccc3-c3cc(C)nn32)cc1. The van der Waals surface area contributed by atoms with E-state index in [0.717, 1.165) is 11.4 Å². The molecule has 0 spiro atoms. The van der Waals surface area contributed by atoms with Crippen LogP contribution in [0.25, 0.3) is 11.3 Å². The van der Waals surface area contributed by atoms with Gasteiger partial charge in [-0.25, -0.2) is 4.68 Å². The quantitative estimate of drug-likeness (QED) is 0.704. The molecule has 22 heavy (non-hydrogen) atoms. The number of aromatic nitrogens is 2. The van der Waals surface area contributed by atoms with E-state index in [1.54, 1.807) is 11.8 Å². The van der Waals surface area contributed by atoms with E-state index >= 15 is 0 Å². The summed E-state index contributed by atoms with van der Waals surface area (Å²) in [5.74, 6) is 0. The van der Waals surface area contributed by atoms with Crippen molar-refractivity contribution in [1.29, 1.82) is 0 Å². The molecular weight excluding hydrogens is 290 g/mol. The van der Waals surface area contributed by atoms with Crippen LogP contribution in [0.2, 0.25) is 0 Å². The van der Waals surface area contributed by atoms with Gasteiger partial charge in [0.25, 0.3) is 0 Å². The van der Waals surface area contributed by atoms with E-state index in [4.69, 9.17) is 5.10 Å². The molecule has 0 saturated heterocycles. The molecule has 0 bridgehead atoms.